The molecule has 0 spiro atoms. The Morgan fingerprint density at radius 1 is 1.00 bits per heavy atom. The highest BCUT2D eigenvalue weighted by molar-refractivity contribution is 5.85. The Morgan fingerprint density at radius 3 is 2.49 bits per heavy atom. The second-order valence-corrected chi connectivity index (χ2v) is 13.5. The van der Waals surface area contributed by atoms with Gasteiger partial charge >= 0.3 is 5.97 Å². The first-order valence-electron chi connectivity index (χ1n) is 14.4. The van der Waals surface area contributed by atoms with E-state index in [0.29, 0.717) is 18.8 Å². The SMILES string of the molecule is C[C@H]1OC(O[C@H]2CC[C@]3(C)C4C[C@@H](O)[C@]5(C)[C@@H](C6=CC(=O)OC6)CC[C@]5(O)C4CC[C@@H]3C2)C[C@H](O)[C@@H]1O. The molecule has 2 aliphatic heterocycles. The Bertz CT molecular complexity index is 940. The molecule has 208 valence electrons. The maximum atomic E-state index is 12.4. The number of carbonyl (C=O) groups excluding carboxylic acids is 1. The van der Waals surface area contributed by atoms with Gasteiger partial charge in [-0.25, -0.2) is 4.79 Å². The van der Waals surface area contributed by atoms with Gasteiger partial charge in [-0.05, 0) is 93.0 Å². The second kappa shape index (κ2) is 9.00. The normalized spacial score (nSPS) is 55.6. The van der Waals surface area contributed by atoms with Crippen LogP contribution in [0.2, 0.25) is 0 Å². The van der Waals surface area contributed by atoms with E-state index in [-0.39, 0.29) is 48.3 Å². The van der Waals surface area contributed by atoms with Crippen molar-refractivity contribution in [1.29, 1.82) is 0 Å². The van der Waals surface area contributed by atoms with Crippen LogP contribution in [-0.4, -0.2) is 75.4 Å². The summed E-state index contributed by atoms with van der Waals surface area (Å²) in [6, 6.07) is 0. The molecule has 37 heavy (non-hydrogen) atoms. The fourth-order valence-electron chi connectivity index (χ4n) is 9.80. The van der Waals surface area contributed by atoms with E-state index in [1.54, 1.807) is 13.0 Å². The molecular formula is C29H44O8. The molecule has 4 aliphatic carbocycles. The van der Waals surface area contributed by atoms with Crippen molar-refractivity contribution in [1.82, 2.24) is 0 Å². The van der Waals surface area contributed by atoms with Gasteiger partial charge in [0.15, 0.2) is 6.29 Å². The zero-order valence-electron chi connectivity index (χ0n) is 22.3. The fraction of sp³-hybridized carbons (Fsp3) is 0.897. The van der Waals surface area contributed by atoms with Gasteiger partial charge in [0.05, 0.1) is 30.0 Å². The van der Waals surface area contributed by atoms with Gasteiger partial charge in [0.1, 0.15) is 12.7 Å². The predicted molar refractivity (Wildman–Crippen MR) is 133 cm³/mol. The molecule has 13 atom stereocenters. The van der Waals surface area contributed by atoms with Crippen LogP contribution in [0.15, 0.2) is 11.6 Å². The van der Waals surface area contributed by atoms with Gasteiger partial charge in [-0.3, -0.25) is 0 Å². The number of aliphatic hydroxyl groups is 4. The van der Waals surface area contributed by atoms with Crippen LogP contribution in [0.25, 0.3) is 0 Å². The van der Waals surface area contributed by atoms with E-state index >= 15 is 0 Å². The molecule has 0 aromatic carbocycles. The predicted octanol–water partition coefficient (Wildman–Crippen LogP) is 2.46. The summed E-state index contributed by atoms with van der Waals surface area (Å²) in [6.07, 6.45) is 5.37. The molecule has 8 nitrogen and oxygen atoms in total. The van der Waals surface area contributed by atoms with Crippen molar-refractivity contribution < 1.29 is 39.4 Å². The Kier molecular flexibility index (Phi) is 6.37. The molecule has 5 fully saturated rings. The number of fused-ring (bicyclic) bond motifs is 5. The molecule has 8 heteroatoms. The van der Waals surface area contributed by atoms with E-state index in [0.717, 1.165) is 44.1 Å². The molecule has 3 unspecified atom stereocenters. The number of rotatable bonds is 3. The van der Waals surface area contributed by atoms with Gasteiger partial charge in [-0.15, -0.1) is 0 Å². The molecule has 0 bridgehead atoms. The third-order valence-corrected chi connectivity index (χ3v) is 12.0. The van der Waals surface area contributed by atoms with Gasteiger partial charge in [0.2, 0.25) is 0 Å². The van der Waals surface area contributed by atoms with Crippen molar-refractivity contribution >= 4 is 5.97 Å². The minimum atomic E-state index is -0.961. The Morgan fingerprint density at radius 2 is 1.78 bits per heavy atom. The third kappa shape index (κ3) is 3.80. The number of hydrogen-bond acceptors (Lipinski definition) is 8. The number of cyclic esters (lactones) is 1. The third-order valence-electron chi connectivity index (χ3n) is 12.0. The zero-order chi connectivity index (χ0) is 26.3. The van der Waals surface area contributed by atoms with Crippen molar-refractivity contribution in [2.75, 3.05) is 6.61 Å². The summed E-state index contributed by atoms with van der Waals surface area (Å²) < 4.78 is 17.4. The van der Waals surface area contributed by atoms with E-state index in [2.05, 4.69) is 6.92 Å². The van der Waals surface area contributed by atoms with Gasteiger partial charge < -0.3 is 34.6 Å². The molecule has 4 N–H and O–H groups in total. The molecule has 6 rings (SSSR count). The average Bonchev–Trinajstić information content (AvgIpc) is 3.39. The lowest BCUT2D eigenvalue weighted by molar-refractivity contribution is -0.274. The van der Waals surface area contributed by atoms with E-state index < -0.39 is 41.7 Å². The number of carbonyl (C=O) groups is 1. The van der Waals surface area contributed by atoms with Crippen LogP contribution in [0, 0.1) is 34.5 Å². The summed E-state index contributed by atoms with van der Waals surface area (Å²) >= 11 is 0. The van der Waals surface area contributed by atoms with Crippen LogP contribution in [0.1, 0.15) is 78.6 Å². The van der Waals surface area contributed by atoms with Crippen molar-refractivity contribution in [3.63, 3.8) is 0 Å². The highest BCUT2D eigenvalue weighted by atomic mass is 16.7. The van der Waals surface area contributed by atoms with Gasteiger partial charge in [-0.1, -0.05) is 13.8 Å². The second-order valence-electron chi connectivity index (χ2n) is 13.5. The molecule has 0 aromatic rings. The molecule has 0 aromatic heterocycles. The van der Waals surface area contributed by atoms with E-state index in [1.807, 2.05) is 6.92 Å². The number of ether oxygens (including phenoxy) is 3. The standard InChI is InChI=1S/C29H44O8/c1-15-26(33)22(30)13-25(36-15)37-18-6-8-27(2)17(11-18)4-5-20-21(27)12-23(31)28(3)19(7-9-29(20,28)34)16-10-24(32)35-14-16/h10,15,17-23,25-26,30-31,33-34H,4-9,11-14H2,1-3H3/t15-,17-,18+,19-,20?,21?,22+,23-,25?,26-,27+,28+,29+/m1/s1. The summed E-state index contributed by atoms with van der Waals surface area (Å²) in [4.78, 5) is 11.8. The molecule has 1 saturated heterocycles. The molecule has 6 aliphatic rings. The van der Waals surface area contributed by atoms with Crippen LogP contribution < -0.4 is 0 Å². The largest absolute Gasteiger partial charge is 0.458 e. The summed E-state index contributed by atoms with van der Waals surface area (Å²) in [5.41, 5.74) is -0.703. The summed E-state index contributed by atoms with van der Waals surface area (Å²) in [5, 5.41) is 44.2. The van der Waals surface area contributed by atoms with Gasteiger partial charge in [0, 0.05) is 17.9 Å². The van der Waals surface area contributed by atoms with Crippen LogP contribution in [0.3, 0.4) is 0 Å². The first-order chi connectivity index (χ1) is 17.5. The van der Waals surface area contributed by atoms with E-state index in [4.69, 9.17) is 14.2 Å². The smallest absolute Gasteiger partial charge is 0.331 e. The number of esters is 1. The van der Waals surface area contributed by atoms with Crippen molar-refractivity contribution in [3.8, 4) is 0 Å². The Balaban J connectivity index is 1.18. The molecule has 2 heterocycles. The molecule has 4 saturated carbocycles. The summed E-state index contributed by atoms with van der Waals surface area (Å²) in [5.74, 6) is 0.439. The van der Waals surface area contributed by atoms with Crippen LogP contribution in [-0.2, 0) is 19.0 Å². The highest BCUT2D eigenvalue weighted by Crippen LogP contribution is 2.70. The van der Waals surface area contributed by atoms with Crippen molar-refractivity contribution in [2.24, 2.45) is 34.5 Å². The summed E-state index contributed by atoms with van der Waals surface area (Å²) in [6.45, 7) is 6.44. The maximum Gasteiger partial charge on any atom is 0.331 e. The fourth-order valence-corrected chi connectivity index (χ4v) is 9.80. The monoisotopic (exact) mass is 520 g/mol. The first-order valence-corrected chi connectivity index (χ1v) is 14.4. The highest BCUT2D eigenvalue weighted by Gasteiger charge is 2.70. The lowest BCUT2D eigenvalue weighted by atomic mass is 9.42. The molecule has 0 radical (unpaired) electrons. The van der Waals surface area contributed by atoms with Gasteiger partial charge in [-0.2, -0.15) is 0 Å². The van der Waals surface area contributed by atoms with E-state index in [9.17, 15) is 25.2 Å². The average molecular weight is 521 g/mol. The minimum absolute atomic E-state index is 0.0149. The lowest BCUT2D eigenvalue weighted by Crippen LogP contribution is -2.67. The minimum Gasteiger partial charge on any atom is -0.458 e. The van der Waals surface area contributed by atoms with E-state index in [1.165, 1.54) is 0 Å². The van der Waals surface area contributed by atoms with Crippen LogP contribution in [0.5, 0.6) is 0 Å². The maximum absolute atomic E-state index is 12.4. The van der Waals surface area contributed by atoms with Crippen molar-refractivity contribution in [3.05, 3.63) is 11.6 Å². The topological polar surface area (TPSA) is 126 Å². The Hall–Kier alpha value is -1.03. The van der Waals surface area contributed by atoms with Gasteiger partial charge in [0.25, 0.3) is 0 Å². The molecule has 0 amide bonds. The summed E-state index contributed by atoms with van der Waals surface area (Å²) in [7, 11) is 0. The Labute approximate surface area is 219 Å². The number of hydrogen-bond donors (Lipinski definition) is 4. The lowest BCUT2D eigenvalue weighted by Gasteiger charge is -2.65. The van der Waals surface area contributed by atoms with Crippen molar-refractivity contribution in [2.45, 2.75) is 121 Å². The zero-order valence-corrected chi connectivity index (χ0v) is 22.3. The van der Waals surface area contributed by atoms with Crippen LogP contribution >= 0.6 is 0 Å². The first kappa shape index (κ1) is 26.2. The van der Waals surface area contributed by atoms with Crippen LogP contribution in [0.4, 0.5) is 0 Å². The number of aliphatic hydroxyl groups excluding tert-OH is 3. The quantitative estimate of drug-likeness (QED) is 0.330. The molecular weight excluding hydrogens is 476 g/mol.